The van der Waals surface area contributed by atoms with Crippen molar-refractivity contribution in [2.75, 3.05) is 0 Å². The van der Waals surface area contributed by atoms with E-state index in [9.17, 15) is 62.3 Å². The largest absolute Gasteiger partial charge is 0.481 e. The minimum atomic E-state index is -0.870. The molecule has 0 aliphatic carbocycles. The minimum absolute atomic E-state index is 0.0628. The average Bonchev–Trinajstić information content (AvgIpc) is 3.41. The molecule has 0 unspecified atom stereocenters. The van der Waals surface area contributed by atoms with Crippen LogP contribution in [0.15, 0.2) is 0 Å². The molecule has 0 amide bonds. The molecule has 0 atom stereocenters. The van der Waals surface area contributed by atoms with E-state index in [0.29, 0.717) is 70.6 Å². The fourth-order valence-electron chi connectivity index (χ4n) is 7.20. The highest BCUT2D eigenvalue weighted by molar-refractivity contribution is 5.70. The van der Waals surface area contributed by atoms with E-state index in [1.807, 2.05) is 0 Å². The molecule has 0 aromatic rings. The monoisotopic (exact) mass is 1260 g/mol. The molecular weight excluding hydrogens is 1150 g/mol. The fourth-order valence-corrected chi connectivity index (χ4v) is 7.20. The van der Waals surface area contributed by atoms with Crippen LogP contribution in [0, 0.1) is 0 Å². The molecule has 0 radical (unpaired) electrons. The first-order chi connectivity index (χ1) is 41.0. The Morgan fingerprint density at radius 3 is 0.287 bits per heavy atom. The minimum Gasteiger partial charge on any atom is -0.481 e. The van der Waals surface area contributed by atoms with E-state index in [-0.39, 0.29) is 77.0 Å². The van der Waals surface area contributed by atoms with E-state index in [4.69, 9.17) is 66.4 Å². The van der Waals surface area contributed by atoms with Crippen molar-refractivity contribution in [3.8, 4) is 0 Å². The van der Waals surface area contributed by atoms with E-state index in [2.05, 4.69) is 6.92 Å². The Kier molecular flexibility index (Phi) is 83.1. The predicted molar refractivity (Wildman–Crippen MR) is 322 cm³/mol. The average molecular weight is 1260 g/mol. The molecule has 0 fully saturated rings. The summed E-state index contributed by atoms with van der Waals surface area (Å²) in [5.41, 5.74) is 0. The van der Waals surface area contributed by atoms with Crippen LogP contribution in [0.5, 0.6) is 0 Å². The zero-order valence-corrected chi connectivity index (χ0v) is 51.9. The van der Waals surface area contributed by atoms with Gasteiger partial charge in [-0.25, -0.2) is 0 Å². The van der Waals surface area contributed by atoms with Crippen molar-refractivity contribution in [1.82, 2.24) is 0 Å². The molecule has 0 heterocycles. The fraction of sp³-hybridized carbons (Fsp3) is 0.787. The summed E-state index contributed by atoms with van der Waals surface area (Å²) in [4.78, 5) is 130. The van der Waals surface area contributed by atoms with Crippen LogP contribution in [0.25, 0.3) is 0 Å². The van der Waals surface area contributed by atoms with E-state index in [1.54, 1.807) is 0 Å². The van der Waals surface area contributed by atoms with Gasteiger partial charge in [0, 0.05) is 83.5 Å². The van der Waals surface area contributed by atoms with Crippen molar-refractivity contribution in [3.05, 3.63) is 0 Å². The summed E-state index contributed by atoms with van der Waals surface area (Å²) in [6, 6.07) is 0. The molecule has 0 rings (SSSR count). The molecule has 87 heavy (non-hydrogen) atoms. The first-order valence-corrected chi connectivity index (χ1v) is 30.9. The molecule has 26 nitrogen and oxygen atoms in total. The third-order valence-electron chi connectivity index (χ3n) is 11.9. The van der Waals surface area contributed by atoms with Gasteiger partial charge in [0.15, 0.2) is 0 Å². The number of rotatable bonds is 53. The van der Waals surface area contributed by atoms with Gasteiger partial charge in [0.25, 0.3) is 0 Å². The molecule has 13 N–H and O–H groups in total. The maximum atomic E-state index is 10.3. The Hall–Kier alpha value is -6.89. The van der Waals surface area contributed by atoms with Gasteiger partial charge in [0.05, 0.1) is 0 Å². The zero-order chi connectivity index (χ0) is 67.7. The van der Waals surface area contributed by atoms with Crippen LogP contribution in [0.2, 0.25) is 0 Å². The lowest BCUT2D eigenvalue weighted by atomic mass is 10.0. The molecule has 0 aromatic carbocycles. The van der Waals surface area contributed by atoms with Gasteiger partial charge in [-0.2, -0.15) is 0 Å². The van der Waals surface area contributed by atoms with Crippen LogP contribution in [0.3, 0.4) is 0 Å². The Labute approximate surface area is 513 Å². The smallest absolute Gasteiger partial charge is 0.303 e. The van der Waals surface area contributed by atoms with E-state index in [1.165, 1.54) is 83.5 Å². The van der Waals surface area contributed by atoms with E-state index >= 15 is 0 Å². The number of aliphatic carboxylic acids is 13. The van der Waals surface area contributed by atoms with Crippen LogP contribution >= 0.6 is 0 Å². The van der Waals surface area contributed by atoms with E-state index < -0.39 is 77.6 Å². The van der Waals surface area contributed by atoms with Gasteiger partial charge in [-0.15, -0.1) is 0 Å². The second kappa shape index (κ2) is 77.1. The van der Waals surface area contributed by atoms with Crippen LogP contribution in [0.4, 0.5) is 0 Å². The van der Waals surface area contributed by atoms with Crippen LogP contribution in [-0.4, -0.2) is 144 Å². The summed E-state index contributed by atoms with van der Waals surface area (Å²) in [6.07, 6.45) is 34.6. The number of hydrogen-bond donors (Lipinski definition) is 13. The standard InChI is InChI=1S/C18H36O2.C10H18O4.C9H16O4.4C6H10O4/c1-2-3-4-5-6-7-8-9-10-11-12-13-14-15-16-17-18(19)20;11-9(12)7-5-3-1-2-4-6-8-10(13)14;10-8(11)6-4-2-1-3-5-7-9(12)13;4*7-5(8)3-1-2-4-6(9)10/h2-17H2,1H3,(H,19,20);1-8H2,(H,11,12)(H,13,14);1-7H2,(H,10,11)(H,12,13);4*1-4H2,(H,7,8)(H,9,10). The normalized spacial score (nSPS) is 9.80. The van der Waals surface area contributed by atoms with Gasteiger partial charge in [-0.05, 0) is 83.5 Å². The number of carbonyl (C=O) groups is 13. The highest BCUT2D eigenvalue weighted by Gasteiger charge is 2.04. The number of unbranched alkanes of at least 4 members (excludes halogenated alkanes) is 27. The molecule has 0 bridgehead atoms. The van der Waals surface area contributed by atoms with Crippen molar-refractivity contribution in [2.24, 2.45) is 0 Å². The quantitative estimate of drug-likeness (QED) is 0.0252. The van der Waals surface area contributed by atoms with E-state index in [0.717, 1.165) is 70.6 Å². The summed E-state index contributed by atoms with van der Waals surface area (Å²) in [6.45, 7) is 2.27. The third kappa shape index (κ3) is 135. The van der Waals surface area contributed by atoms with Gasteiger partial charge < -0.3 is 66.4 Å². The van der Waals surface area contributed by atoms with Crippen molar-refractivity contribution in [2.45, 2.75) is 309 Å². The second-order valence-electron chi connectivity index (χ2n) is 20.5. The van der Waals surface area contributed by atoms with Gasteiger partial charge in [0.1, 0.15) is 0 Å². The molecule has 26 heteroatoms. The highest BCUT2D eigenvalue weighted by atomic mass is 16.4. The molecule has 0 saturated carbocycles. The van der Waals surface area contributed by atoms with Crippen molar-refractivity contribution in [1.29, 1.82) is 0 Å². The molecule has 0 aromatic heterocycles. The molecule has 0 spiro atoms. The predicted octanol–water partition coefficient (Wildman–Crippen LogP) is 13.4. The van der Waals surface area contributed by atoms with Crippen LogP contribution in [-0.2, 0) is 62.3 Å². The lowest BCUT2D eigenvalue weighted by molar-refractivity contribution is -0.139. The van der Waals surface area contributed by atoms with Crippen molar-refractivity contribution < 1.29 is 129 Å². The SMILES string of the molecule is CCCCCCCCCCCCCCCCCC(=O)O.O=C(O)CCCCC(=O)O.O=C(O)CCCCC(=O)O.O=C(O)CCCCC(=O)O.O=C(O)CCCCC(=O)O.O=C(O)CCCCCCCC(=O)O.O=C(O)CCCCCCCCC(=O)O. The summed E-state index contributed by atoms with van der Waals surface area (Å²) < 4.78 is 0. The van der Waals surface area contributed by atoms with Crippen LogP contribution in [0.1, 0.15) is 309 Å². The first-order valence-electron chi connectivity index (χ1n) is 30.9. The number of carboxylic acid groups (broad SMARTS) is 13. The van der Waals surface area contributed by atoms with Crippen LogP contribution < -0.4 is 0 Å². The van der Waals surface area contributed by atoms with Gasteiger partial charge in [-0.3, -0.25) is 62.3 Å². The van der Waals surface area contributed by atoms with Gasteiger partial charge in [-0.1, -0.05) is 142 Å². The molecule has 0 saturated heterocycles. The Bertz CT molecular complexity index is 1540. The number of carboxylic acids is 13. The third-order valence-corrected chi connectivity index (χ3v) is 11.9. The van der Waals surface area contributed by atoms with Crippen molar-refractivity contribution in [3.63, 3.8) is 0 Å². The summed E-state index contributed by atoms with van der Waals surface area (Å²) in [5, 5.41) is 107. The highest BCUT2D eigenvalue weighted by Crippen LogP contribution is 2.14. The van der Waals surface area contributed by atoms with Gasteiger partial charge >= 0.3 is 77.6 Å². The summed E-state index contributed by atoms with van der Waals surface area (Å²) in [5.74, 6) is -10.6. The number of hydrogen-bond acceptors (Lipinski definition) is 13. The Balaban J connectivity index is -0.000000175. The maximum Gasteiger partial charge on any atom is 0.303 e. The Morgan fingerprint density at radius 2 is 0.207 bits per heavy atom. The summed E-state index contributed by atoms with van der Waals surface area (Å²) >= 11 is 0. The maximum absolute atomic E-state index is 10.3. The van der Waals surface area contributed by atoms with Gasteiger partial charge in [0.2, 0.25) is 0 Å². The second-order valence-corrected chi connectivity index (χ2v) is 20.5. The first kappa shape index (κ1) is 93.8. The lowest BCUT2D eigenvalue weighted by Gasteiger charge is -2.03. The summed E-state index contributed by atoms with van der Waals surface area (Å²) in [7, 11) is 0. The molecular formula is C61H110O26. The lowest BCUT2D eigenvalue weighted by Crippen LogP contribution is -1.97. The molecule has 510 valence electrons. The molecule has 0 aliphatic heterocycles. The zero-order valence-electron chi connectivity index (χ0n) is 51.9. The topological polar surface area (TPSA) is 485 Å². The molecule has 0 aliphatic rings. The Morgan fingerprint density at radius 1 is 0.138 bits per heavy atom. The van der Waals surface area contributed by atoms with Crippen molar-refractivity contribution >= 4 is 77.6 Å².